The first-order valence-electron chi connectivity index (χ1n) is 8.37. The fourth-order valence-corrected chi connectivity index (χ4v) is 3.13. The van der Waals surface area contributed by atoms with Crippen LogP contribution in [0.3, 0.4) is 0 Å². The van der Waals surface area contributed by atoms with Crippen molar-refractivity contribution in [1.82, 2.24) is 4.90 Å². The number of nitrogens with zero attached hydrogens (tertiary/aromatic N) is 1. The van der Waals surface area contributed by atoms with Crippen LogP contribution < -0.4 is 4.74 Å². The maximum atomic E-state index is 12.4. The highest BCUT2D eigenvalue weighted by Gasteiger charge is 2.31. The van der Waals surface area contributed by atoms with Gasteiger partial charge in [-0.05, 0) is 25.0 Å². The van der Waals surface area contributed by atoms with Gasteiger partial charge in [0.25, 0.3) is 0 Å². The van der Waals surface area contributed by atoms with Crippen LogP contribution in [0.15, 0.2) is 30.3 Å². The first-order chi connectivity index (χ1) is 12.1. The van der Waals surface area contributed by atoms with Crippen LogP contribution in [0, 0.1) is 5.92 Å². The quantitative estimate of drug-likeness (QED) is 0.764. The molecule has 2 heterocycles. The maximum absolute atomic E-state index is 12.4. The van der Waals surface area contributed by atoms with E-state index in [4.69, 9.17) is 9.47 Å². The van der Waals surface area contributed by atoms with E-state index >= 15 is 0 Å². The van der Waals surface area contributed by atoms with Crippen molar-refractivity contribution in [2.75, 3.05) is 26.3 Å². The second-order valence-electron chi connectivity index (χ2n) is 6.02. The maximum Gasteiger partial charge on any atom is 0.387 e. The van der Waals surface area contributed by atoms with Gasteiger partial charge in [0, 0.05) is 30.6 Å². The van der Waals surface area contributed by atoms with Crippen LogP contribution in [-0.4, -0.2) is 50.0 Å². The summed E-state index contributed by atoms with van der Waals surface area (Å²) in [5.41, 5.74) is 0.443. The molecule has 2 aliphatic heterocycles. The van der Waals surface area contributed by atoms with Gasteiger partial charge in [0.2, 0.25) is 5.91 Å². The molecular formula is C18H21F2NO4. The zero-order valence-corrected chi connectivity index (χ0v) is 13.8. The zero-order valence-electron chi connectivity index (χ0n) is 13.8. The molecule has 2 aliphatic rings. The Morgan fingerprint density at radius 3 is 2.56 bits per heavy atom. The Kier molecular flexibility index (Phi) is 5.99. The number of ether oxygens (including phenoxy) is 3. The molecule has 0 N–H and O–H groups in total. The SMILES string of the molecule is O=C(/C=C/c1ccccc1OC(F)F)N1CCC(C2OCCO2)CC1. The Hall–Kier alpha value is -1.99. The summed E-state index contributed by atoms with van der Waals surface area (Å²) in [5, 5.41) is 0. The van der Waals surface area contributed by atoms with E-state index in [0.29, 0.717) is 37.8 Å². The van der Waals surface area contributed by atoms with E-state index in [-0.39, 0.29) is 17.9 Å². The molecule has 2 fully saturated rings. The molecule has 0 aliphatic carbocycles. The second-order valence-corrected chi connectivity index (χ2v) is 6.02. The lowest BCUT2D eigenvalue weighted by Crippen LogP contribution is -2.40. The van der Waals surface area contributed by atoms with Crippen LogP contribution in [0.2, 0.25) is 0 Å². The third-order valence-corrected chi connectivity index (χ3v) is 4.42. The van der Waals surface area contributed by atoms with Crippen molar-refractivity contribution < 1.29 is 27.8 Å². The molecule has 1 aromatic rings. The summed E-state index contributed by atoms with van der Waals surface area (Å²) in [5.74, 6) is 0.227. The van der Waals surface area contributed by atoms with E-state index in [1.54, 1.807) is 23.1 Å². The summed E-state index contributed by atoms with van der Waals surface area (Å²) in [6.45, 7) is -0.373. The van der Waals surface area contributed by atoms with E-state index < -0.39 is 6.61 Å². The van der Waals surface area contributed by atoms with E-state index in [1.165, 1.54) is 18.2 Å². The predicted octanol–water partition coefficient (Wildman–Crippen LogP) is 2.91. The van der Waals surface area contributed by atoms with Crippen molar-refractivity contribution in [3.05, 3.63) is 35.9 Å². The van der Waals surface area contributed by atoms with Crippen LogP contribution in [0.25, 0.3) is 6.08 Å². The molecule has 0 saturated carbocycles. The van der Waals surface area contributed by atoms with Crippen LogP contribution in [0.4, 0.5) is 8.78 Å². The molecule has 2 saturated heterocycles. The number of rotatable bonds is 5. The van der Waals surface area contributed by atoms with Crippen molar-refractivity contribution >= 4 is 12.0 Å². The lowest BCUT2D eigenvalue weighted by molar-refractivity contribution is -0.131. The largest absolute Gasteiger partial charge is 0.434 e. The molecule has 3 rings (SSSR count). The Balaban J connectivity index is 1.55. The van der Waals surface area contributed by atoms with Gasteiger partial charge in [-0.3, -0.25) is 4.79 Å². The number of benzene rings is 1. The van der Waals surface area contributed by atoms with E-state index in [2.05, 4.69) is 4.74 Å². The molecule has 136 valence electrons. The predicted molar refractivity (Wildman–Crippen MR) is 87.1 cm³/mol. The standard InChI is InChI=1S/C18H21F2NO4/c19-18(20)25-15-4-2-1-3-13(15)5-6-16(22)21-9-7-14(8-10-21)17-23-11-12-24-17/h1-6,14,17-18H,7-12H2/b6-5+. The number of para-hydroxylation sites is 1. The first-order valence-corrected chi connectivity index (χ1v) is 8.37. The van der Waals surface area contributed by atoms with Gasteiger partial charge >= 0.3 is 6.61 Å². The molecule has 0 radical (unpaired) electrons. The first kappa shape index (κ1) is 17.8. The lowest BCUT2D eigenvalue weighted by Gasteiger charge is -2.33. The summed E-state index contributed by atoms with van der Waals surface area (Å²) in [4.78, 5) is 14.1. The van der Waals surface area contributed by atoms with Gasteiger partial charge in [0.15, 0.2) is 6.29 Å². The normalized spacial score (nSPS) is 19.9. The third-order valence-electron chi connectivity index (χ3n) is 4.42. The number of carbonyl (C=O) groups is 1. The Bertz CT molecular complexity index is 609. The van der Waals surface area contributed by atoms with Crippen LogP contribution >= 0.6 is 0 Å². The van der Waals surface area contributed by atoms with Gasteiger partial charge < -0.3 is 19.1 Å². The number of hydrogen-bond donors (Lipinski definition) is 0. The molecule has 0 atom stereocenters. The highest BCUT2D eigenvalue weighted by molar-refractivity contribution is 5.92. The highest BCUT2D eigenvalue weighted by atomic mass is 19.3. The van der Waals surface area contributed by atoms with Crippen molar-refractivity contribution in [3.63, 3.8) is 0 Å². The summed E-state index contributed by atoms with van der Waals surface area (Å²) < 4.78 is 40.3. The zero-order chi connectivity index (χ0) is 17.6. The molecule has 0 bridgehead atoms. The summed E-state index contributed by atoms with van der Waals surface area (Å²) in [6.07, 6.45) is 4.42. The third kappa shape index (κ3) is 4.76. The molecule has 0 spiro atoms. The fourth-order valence-electron chi connectivity index (χ4n) is 3.13. The van der Waals surface area contributed by atoms with Gasteiger partial charge in [-0.25, -0.2) is 0 Å². The van der Waals surface area contributed by atoms with Gasteiger partial charge in [0.1, 0.15) is 5.75 Å². The van der Waals surface area contributed by atoms with Crippen LogP contribution in [0.1, 0.15) is 18.4 Å². The summed E-state index contributed by atoms with van der Waals surface area (Å²) >= 11 is 0. The summed E-state index contributed by atoms with van der Waals surface area (Å²) in [7, 11) is 0. The number of hydrogen-bond acceptors (Lipinski definition) is 4. The van der Waals surface area contributed by atoms with Crippen molar-refractivity contribution in [2.24, 2.45) is 5.92 Å². The van der Waals surface area contributed by atoms with Crippen molar-refractivity contribution in [1.29, 1.82) is 0 Å². The molecule has 25 heavy (non-hydrogen) atoms. The Morgan fingerprint density at radius 2 is 1.88 bits per heavy atom. The molecule has 7 heteroatoms. The Morgan fingerprint density at radius 1 is 1.20 bits per heavy atom. The molecule has 1 aromatic carbocycles. The molecular weight excluding hydrogens is 332 g/mol. The van der Waals surface area contributed by atoms with Gasteiger partial charge in [-0.2, -0.15) is 8.78 Å². The number of carbonyl (C=O) groups excluding carboxylic acids is 1. The van der Waals surface area contributed by atoms with Gasteiger partial charge in [-0.15, -0.1) is 0 Å². The minimum absolute atomic E-state index is 0.0517. The van der Waals surface area contributed by atoms with Crippen molar-refractivity contribution in [3.8, 4) is 5.75 Å². The van der Waals surface area contributed by atoms with Crippen LogP contribution in [-0.2, 0) is 14.3 Å². The second kappa shape index (κ2) is 8.40. The monoisotopic (exact) mass is 353 g/mol. The average Bonchev–Trinajstić information content (AvgIpc) is 3.15. The topological polar surface area (TPSA) is 48.0 Å². The minimum atomic E-state index is -2.90. The number of alkyl halides is 2. The molecule has 0 aromatic heterocycles. The average molecular weight is 353 g/mol. The van der Waals surface area contributed by atoms with Gasteiger partial charge in [0.05, 0.1) is 13.2 Å². The molecule has 1 amide bonds. The van der Waals surface area contributed by atoms with E-state index in [9.17, 15) is 13.6 Å². The number of piperidine rings is 1. The molecule has 0 unspecified atom stereocenters. The number of halogens is 2. The lowest BCUT2D eigenvalue weighted by atomic mass is 9.96. The van der Waals surface area contributed by atoms with Crippen LogP contribution in [0.5, 0.6) is 5.75 Å². The summed E-state index contributed by atoms with van der Waals surface area (Å²) in [6, 6.07) is 6.39. The fraction of sp³-hybridized carbons (Fsp3) is 0.500. The minimum Gasteiger partial charge on any atom is -0.434 e. The smallest absolute Gasteiger partial charge is 0.387 e. The van der Waals surface area contributed by atoms with Gasteiger partial charge in [-0.1, -0.05) is 18.2 Å². The highest BCUT2D eigenvalue weighted by Crippen LogP contribution is 2.26. The number of likely N-dealkylation sites (tertiary alicyclic amines) is 1. The van der Waals surface area contributed by atoms with Crippen molar-refractivity contribution in [2.45, 2.75) is 25.7 Å². The number of amides is 1. The van der Waals surface area contributed by atoms with E-state index in [1.807, 2.05) is 0 Å². The Labute approximate surface area is 145 Å². The molecule has 5 nitrogen and oxygen atoms in total. The van der Waals surface area contributed by atoms with E-state index in [0.717, 1.165) is 12.8 Å².